The van der Waals surface area contributed by atoms with Crippen molar-refractivity contribution in [3.8, 4) is 0 Å². The van der Waals surface area contributed by atoms with Gasteiger partial charge in [-0.05, 0) is 18.0 Å². The molecule has 0 aliphatic carbocycles. The van der Waals surface area contributed by atoms with Gasteiger partial charge in [-0.15, -0.1) is 0 Å². The van der Waals surface area contributed by atoms with Crippen molar-refractivity contribution in [1.82, 2.24) is 3.97 Å². The molecule has 0 aliphatic heterocycles. The van der Waals surface area contributed by atoms with E-state index < -0.39 is 0 Å². The van der Waals surface area contributed by atoms with Crippen molar-refractivity contribution < 1.29 is 4.79 Å². The minimum Gasteiger partial charge on any atom is -0.366 e. The highest BCUT2D eigenvalue weighted by Crippen LogP contribution is 2.05. The van der Waals surface area contributed by atoms with E-state index in [1.165, 1.54) is 11.9 Å². The summed E-state index contributed by atoms with van der Waals surface area (Å²) in [5.74, 6) is -0.382. The minimum atomic E-state index is -0.382. The Balaban J connectivity index is 2.88. The third-order valence-corrected chi connectivity index (χ3v) is 1.81. The molecule has 0 saturated heterocycles. The van der Waals surface area contributed by atoms with Crippen molar-refractivity contribution in [3.05, 3.63) is 24.0 Å². The van der Waals surface area contributed by atoms with Gasteiger partial charge >= 0.3 is 0 Å². The van der Waals surface area contributed by atoms with Crippen molar-refractivity contribution in [1.29, 1.82) is 0 Å². The number of nitrogens with two attached hydrogens (primary N) is 1. The molecule has 10 heavy (non-hydrogen) atoms. The van der Waals surface area contributed by atoms with E-state index >= 15 is 0 Å². The standard InChI is InChI=1S/C6H8N2OS/c1-10-8-3-2-5(4-8)6(7)9/h2-4H,1H3,(H2,7,9). The summed E-state index contributed by atoms with van der Waals surface area (Å²) < 4.78 is 1.82. The molecule has 0 unspecified atom stereocenters. The maximum absolute atomic E-state index is 10.5. The molecular formula is C6H8N2OS. The van der Waals surface area contributed by atoms with E-state index in [9.17, 15) is 4.79 Å². The summed E-state index contributed by atoms with van der Waals surface area (Å²) >= 11 is 1.52. The molecule has 4 heteroatoms. The zero-order valence-electron chi connectivity index (χ0n) is 5.57. The molecule has 0 aromatic carbocycles. The summed E-state index contributed by atoms with van der Waals surface area (Å²) in [5.41, 5.74) is 5.57. The molecule has 1 aromatic heterocycles. The normalized spacial score (nSPS) is 9.70. The number of hydrogen-bond donors (Lipinski definition) is 1. The largest absolute Gasteiger partial charge is 0.366 e. The highest BCUT2D eigenvalue weighted by molar-refractivity contribution is 7.97. The fourth-order valence-electron chi connectivity index (χ4n) is 0.636. The van der Waals surface area contributed by atoms with Crippen LogP contribution in [0.4, 0.5) is 0 Å². The van der Waals surface area contributed by atoms with Crippen LogP contribution < -0.4 is 5.73 Å². The highest BCUT2D eigenvalue weighted by Gasteiger charge is 2.00. The SMILES string of the molecule is CSn1ccc(C(N)=O)c1. The van der Waals surface area contributed by atoms with Gasteiger partial charge in [-0.2, -0.15) is 0 Å². The van der Waals surface area contributed by atoms with E-state index in [0.717, 1.165) is 0 Å². The average molecular weight is 156 g/mol. The van der Waals surface area contributed by atoms with E-state index in [0.29, 0.717) is 5.56 Å². The number of aromatic nitrogens is 1. The maximum Gasteiger partial charge on any atom is 0.250 e. The second-order valence-electron chi connectivity index (χ2n) is 1.81. The first-order valence-electron chi connectivity index (χ1n) is 2.76. The van der Waals surface area contributed by atoms with Crippen LogP contribution in [0.5, 0.6) is 0 Å². The fraction of sp³-hybridized carbons (Fsp3) is 0.167. The Hall–Kier alpha value is -0.900. The van der Waals surface area contributed by atoms with Crippen LogP contribution in [-0.2, 0) is 0 Å². The number of hydrogen-bond acceptors (Lipinski definition) is 2. The van der Waals surface area contributed by atoms with Gasteiger partial charge in [0.25, 0.3) is 0 Å². The summed E-state index contributed by atoms with van der Waals surface area (Å²) in [4.78, 5) is 10.5. The molecular weight excluding hydrogens is 148 g/mol. The van der Waals surface area contributed by atoms with Crippen molar-refractivity contribution in [2.75, 3.05) is 6.26 Å². The van der Waals surface area contributed by atoms with Crippen LogP contribution in [0.25, 0.3) is 0 Å². The number of primary amides is 1. The zero-order chi connectivity index (χ0) is 7.56. The molecule has 0 fully saturated rings. The van der Waals surface area contributed by atoms with Gasteiger partial charge in [-0.3, -0.25) is 8.77 Å². The highest BCUT2D eigenvalue weighted by atomic mass is 32.2. The molecule has 1 amide bonds. The molecule has 1 aromatic rings. The molecule has 0 saturated carbocycles. The number of amides is 1. The lowest BCUT2D eigenvalue weighted by atomic mass is 10.3. The third-order valence-electron chi connectivity index (χ3n) is 1.16. The number of nitrogens with zero attached hydrogens (tertiary/aromatic N) is 1. The number of carbonyl (C=O) groups excluding carboxylic acids is 1. The Morgan fingerprint density at radius 3 is 2.80 bits per heavy atom. The fourth-order valence-corrected chi connectivity index (χ4v) is 1.04. The summed E-state index contributed by atoms with van der Waals surface area (Å²) in [6.45, 7) is 0. The Morgan fingerprint density at radius 1 is 1.80 bits per heavy atom. The molecule has 3 nitrogen and oxygen atoms in total. The molecule has 0 aliphatic rings. The Morgan fingerprint density at radius 2 is 2.50 bits per heavy atom. The summed E-state index contributed by atoms with van der Waals surface area (Å²) in [6, 6.07) is 1.69. The summed E-state index contributed by atoms with van der Waals surface area (Å²) in [5, 5.41) is 0. The van der Waals surface area contributed by atoms with Crippen LogP contribution in [0.3, 0.4) is 0 Å². The Kier molecular flexibility index (Phi) is 2.01. The summed E-state index contributed by atoms with van der Waals surface area (Å²) in [7, 11) is 0. The number of carbonyl (C=O) groups is 1. The molecule has 1 heterocycles. The van der Waals surface area contributed by atoms with Crippen LogP contribution in [0.1, 0.15) is 10.4 Å². The van der Waals surface area contributed by atoms with Gasteiger partial charge in [-0.1, -0.05) is 0 Å². The van der Waals surface area contributed by atoms with Gasteiger partial charge in [0.2, 0.25) is 5.91 Å². The second-order valence-corrected chi connectivity index (χ2v) is 2.59. The van der Waals surface area contributed by atoms with Crippen LogP contribution in [-0.4, -0.2) is 16.1 Å². The minimum absolute atomic E-state index is 0.382. The van der Waals surface area contributed by atoms with E-state index in [2.05, 4.69) is 0 Å². The van der Waals surface area contributed by atoms with Crippen LogP contribution in [0.2, 0.25) is 0 Å². The van der Waals surface area contributed by atoms with Gasteiger partial charge in [0.15, 0.2) is 0 Å². The van der Waals surface area contributed by atoms with Crippen LogP contribution in [0.15, 0.2) is 18.5 Å². The van der Waals surface area contributed by atoms with Gasteiger partial charge in [0, 0.05) is 18.6 Å². The molecule has 0 bridgehead atoms. The van der Waals surface area contributed by atoms with Gasteiger partial charge in [0.1, 0.15) is 0 Å². The van der Waals surface area contributed by atoms with E-state index in [1.54, 1.807) is 18.5 Å². The molecule has 0 spiro atoms. The predicted molar refractivity (Wildman–Crippen MR) is 41.9 cm³/mol. The summed E-state index contributed by atoms with van der Waals surface area (Å²) in [6.07, 6.45) is 5.42. The monoisotopic (exact) mass is 156 g/mol. The van der Waals surface area contributed by atoms with E-state index in [4.69, 9.17) is 5.73 Å². The first-order valence-corrected chi connectivity index (χ1v) is 3.94. The Labute approximate surface area is 63.3 Å². The second kappa shape index (κ2) is 2.79. The quantitative estimate of drug-likeness (QED) is 0.685. The van der Waals surface area contributed by atoms with E-state index in [-0.39, 0.29) is 5.91 Å². The molecule has 0 radical (unpaired) electrons. The first-order chi connectivity index (χ1) is 4.74. The zero-order valence-corrected chi connectivity index (χ0v) is 6.39. The number of rotatable bonds is 2. The lowest BCUT2D eigenvalue weighted by Gasteiger charge is -1.90. The molecule has 54 valence electrons. The van der Waals surface area contributed by atoms with Crippen molar-refractivity contribution in [2.45, 2.75) is 0 Å². The molecule has 2 N–H and O–H groups in total. The van der Waals surface area contributed by atoms with Gasteiger partial charge < -0.3 is 5.73 Å². The van der Waals surface area contributed by atoms with Crippen molar-refractivity contribution in [3.63, 3.8) is 0 Å². The molecule has 1 rings (SSSR count). The first kappa shape index (κ1) is 7.21. The van der Waals surface area contributed by atoms with Crippen molar-refractivity contribution >= 4 is 17.9 Å². The maximum atomic E-state index is 10.5. The lowest BCUT2D eigenvalue weighted by molar-refractivity contribution is 0.100. The average Bonchev–Trinajstić information content (AvgIpc) is 2.34. The third kappa shape index (κ3) is 1.33. The van der Waals surface area contributed by atoms with Crippen molar-refractivity contribution in [2.24, 2.45) is 5.73 Å². The predicted octanol–water partition coefficient (Wildman–Crippen LogP) is 0.713. The van der Waals surface area contributed by atoms with Crippen LogP contribution in [0, 0.1) is 0 Å². The molecule has 0 atom stereocenters. The van der Waals surface area contributed by atoms with Gasteiger partial charge in [0.05, 0.1) is 5.56 Å². The Bertz CT molecular complexity index is 244. The van der Waals surface area contributed by atoms with Crippen LogP contribution >= 0.6 is 11.9 Å². The lowest BCUT2D eigenvalue weighted by Crippen LogP contribution is -2.09. The van der Waals surface area contributed by atoms with E-state index in [1.807, 2.05) is 10.2 Å². The topological polar surface area (TPSA) is 48.0 Å². The van der Waals surface area contributed by atoms with Gasteiger partial charge in [-0.25, -0.2) is 0 Å². The smallest absolute Gasteiger partial charge is 0.250 e.